The fraction of sp³-hybridized carbons (Fsp3) is 0.214. The molecule has 1 N–H and O–H groups in total. The standard InChI is InChI=1S/C28H24BrFN4O3/c1-15(36)19-13-33(26-18(19)8-9-24(29)32-26)22-6-5-7-23(20(22)14-35)34-27(37)25-16(12-31-34)10-17(11-21(25)30)28(2,3)4/h5-13,35H,14H2,1-4H3. The van der Waals surface area contributed by atoms with Crippen molar-refractivity contribution in [3.05, 3.63) is 92.3 Å². The van der Waals surface area contributed by atoms with Gasteiger partial charge in [0.05, 0.1) is 29.6 Å². The molecule has 0 aliphatic carbocycles. The molecule has 37 heavy (non-hydrogen) atoms. The first-order chi connectivity index (χ1) is 17.5. The largest absolute Gasteiger partial charge is 0.392 e. The Balaban J connectivity index is 1.77. The molecule has 0 amide bonds. The van der Waals surface area contributed by atoms with Crippen molar-refractivity contribution in [2.24, 2.45) is 0 Å². The molecule has 3 aromatic heterocycles. The number of aliphatic hydroxyl groups is 1. The Morgan fingerprint density at radius 2 is 1.86 bits per heavy atom. The van der Waals surface area contributed by atoms with Gasteiger partial charge in [0.25, 0.3) is 5.56 Å². The van der Waals surface area contributed by atoms with E-state index in [9.17, 15) is 14.7 Å². The highest BCUT2D eigenvalue weighted by atomic mass is 79.9. The number of carbonyl (C=O) groups excluding carboxylic acids is 1. The highest BCUT2D eigenvalue weighted by Crippen LogP contribution is 2.30. The average molecular weight is 563 g/mol. The van der Waals surface area contributed by atoms with E-state index in [1.54, 1.807) is 47.2 Å². The molecule has 5 aromatic rings. The minimum Gasteiger partial charge on any atom is -0.392 e. The number of pyridine rings is 1. The van der Waals surface area contributed by atoms with E-state index in [4.69, 9.17) is 0 Å². The topological polar surface area (TPSA) is 90.0 Å². The van der Waals surface area contributed by atoms with Crippen LogP contribution in [0.5, 0.6) is 0 Å². The maximum atomic E-state index is 15.2. The van der Waals surface area contributed by atoms with Crippen molar-refractivity contribution in [3.8, 4) is 11.4 Å². The second-order valence-corrected chi connectivity index (χ2v) is 10.8. The van der Waals surface area contributed by atoms with Gasteiger partial charge in [0.1, 0.15) is 16.1 Å². The molecule has 0 saturated heterocycles. The molecule has 5 rings (SSSR count). The van der Waals surface area contributed by atoms with Crippen LogP contribution in [0.15, 0.2) is 64.3 Å². The van der Waals surface area contributed by atoms with Crippen LogP contribution in [0.1, 0.15) is 49.2 Å². The van der Waals surface area contributed by atoms with E-state index in [0.29, 0.717) is 43.5 Å². The summed E-state index contributed by atoms with van der Waals surface area (Å²) in [6.07, 6.45) is 3.12. The number of ketones is 1. The van der Waals surface area contributed by atoms with E-state index < -0.39 is 18.0 Å². The number of fused-ring (bicyclic) bond motifs is 2. The zero-order chi connectivity index (χ0) is 26.6. The number of Topliss-reactive ketones (excluding diaryl/α,β-unsaturated/α-hetero) is 1. The van der Waals surface area contributed by atoms with Crippen LogP contribution in [0.25, 0.3) is 33.2 Å². The Morgan fingerprint density at radius 3 is 2.54 bits per heavy atom. The number of benzene rings is 2. The highest BCUT2D eigenvalue weighted by molar-refractivity contribution is 9.10. The van der Waals surface area contributed by atoms with Gasteiger partial charge in [-0.1, -0.05) is 26.8 Å². The van der Waals surface area contributed by atoms with Crippen molar-refractivity contribution in [1.82, 2.24) is 19.3 Å². The fourth-order valence-corrected chi connectivity index (χ4v) is 4.83. The zero-order valence-corrected chi connectivity index (χ0v) is 22.3. The molecule has 0 spiro atoms. The summed E-state index contributed by atoms with van der Waals surface area (Å²) in [5, 5.41) is 15.7. The maximum Gasteiger partial charge on any atom is 0.282 e. The molecule has 0 unspecified atom stereocenters. The molecule has 0 radical (unpaired) electrons. The Kier molecular flexibility index (Phi) is 6.08. The molecule has 9 heteroatoms. The number of carbonyl (C=O) groups is 1. The van der Waals surface area contributed by atoms with Crippen molar-refractivity contribution in [3.63, 3.8) is 0 Å². The second-order valence-electron chi connectivity index (χ2n) is 9.94. The molecule has 0 aliphatic heterocycles. The van der Waals surface area contributed by atoms with E-state index in [1.807, 2.05) is 20.8 Å². The van der Waals surface area contributed by atoms with Gasteiger partial charge in [-0.25, -0.2) is 9.37 Å². The van der Waals surface area contributed by atoms with Crippen LogP contribution < -0.4 is 5.56 Å². The molecule has 2 aromatic carbocycles. The average Bonchev–Trinajstić information content (AvgIpc) is 3.21. The number of rotatable bonds is 4. The van der Waals surface area contributed by atoms with Crippen LogP contribution >= 0.6 is 15.9 Å². The molecule has 0 atom stereocenters. The third kappa shape index (κ3) is 4.18. The fourth-order valence-electron chi connectivity index (χ4n) is 4.53. The lowest BCUT2D eigenvalue weighted by Gasteiger charge is -2.20. The third-order valence-electron chi connectivity index (χ3n) is 6.47. The lowest BCUT2D eigenvalue weighted by atomic mass is 9.86. The van der Waals surface area contributed by atoms with E-state index in [1.165, 1.54) is 19.2 Å². The summed E-state index contributed by atoms with van der Waals surface area (Å²) >= 11 is 3.38. The van der Waals surface area contributed by atoms with Crippen LogP contribution in [0.4, 0.5) is 4.39 Å². The molecular formula is C28H24BrFN4O3. The number of nitrogens with zero attached hydrogens (tertiary/aromatic N) is 4. The molecule has 0 bridgehead atoms. The summed E-state index contributed by atoms with van der Waals surface area (Å²) < 4.78 is 18.6. The minimum atomic E-state index is -0.634. The SMILES string of the molecule is CC(=O)c1cn(-c2cccc(-n3ncc4cc(C(C)(C)C)cc(F)c4c3=O)c2CO)c2nc(Br)ccc12. The lowest BCUT2D eigenvalue weighted by molar-refractivity contribution is 0.101. The van der Waals surface area contributed by atoms with Crippen LogP contribution in [0.3, 0.4) is 0 Å². The summed E-state index contributed by atoms with van der Waals surface area (Å²) in [6, 6.07) is 11.8. The number of aliphatic hydroxyl groups excluding tert-OH is 1. The Morgan fingerprint density at radius 1 is 1.14 bits per heavy atom. The van der Waals surface area contributed by atoms with Crippen molar-refractivity contribution in [2.75, 3.05) is 0 Å². The molecule has 0 aliphatic rings. The third-order valence-corrected chi connectivity index (χ3v) is 6.92. The highest BCUT2D eigenvalue weighted by Gasteiger charge is 2.22. The van der Waals surface area contributed by atoms with Gasteiger partial charge in [0.2, 0.25) is 0 Å². The van der Waals surface area contributed by atoms with Gasteiger partial charge in [-0.15, -0.1) is 0 Å². The monoisotopic (exact) mass is 562 g/mol. The minimum absolute atomic E-state index is 0.0758. The number of hydrogen-bond acceptors (Lipinski definition) is 5. The quantitative estimate of drug-likeness (QED) is 0.227. The first-order valence-electron chi connectivity index (χ1n) is 11.7. The van der Waals surface area contributed by atoms with E-state index in [-0.39, 0.29) is 16.6 Å². The predicted molar refractivity (Wildman–Crippen MR) is 144 cm³/mol. The summed E-state index contributed by atoms with van der Waals surface area (Å²) in [5.74, 6) is -0.756. The van der Waals surface area contributed by atoms with Crippen LogP contribution in [-0.2, 0) is 12.0 Å². The normalized spacial score (nSPS) is 12.0. The van der Waals surface area contributed by atoms with E-state index in [0.717, 1.165) is 10.2 Å². The first-order valence-corrected chi connectivity index (χ1v) is 12.4. The summed E-state index contributed by atoms with van der Waals surface area (Å²) in [4.78, 5) is 30.4. The van der Waals surface area contributed by atoms with Crippen molar-refractivity contribution in [2.45, 2.75) is 39.7 Å². The molecule has 0 saturated carbocycles. The maximum absolute atomic E-state index is 15.2. The Labute approximate surface area is 220 Å². The van der Waals surface area contributed by atoms with E-state index in [2.05, 4.69) is 26.0 Å². The van der Waals surface area contributed by atoms with Gasteiger partial charge in [-0.2, -0.15) is 9.78 Å². The van der Waals surface area contributed by atoms with Gasteiger partial charge < -0.3 is 9.67 Å². The summed E-state index contributed by atoms with van der Waals surface area (Å²) in [7, 11) is 0. The second kappa shape index (κ2) is 9.00. The summed E-state index contributed by atoms with van der Waals surface area (Å²) in [6.45, 7) is 6.94. The first kappa shape index (κ1) is 25.0. The Hall–Kier alpha value is -3.69. The van der Waals surface area contributed by atoms with Gasteiger partial charge in [0.15, 0.2) is 5.78 Å². The van der Waals surface area contributed by atoms with Crippen molar-refractivity contribution < 1.29 is 14.3 Å². The molecule has 7 nitrogen and oxygen atoms in total. The number of halogens is 2. The molecule has 188 valence electrons. The predicted octanol–water partition coefficient (Wildman–Crippen LogP) is 5.62. The lowest BCUT2D eigenvalue weighted by Crippen LogP contribution is -2.24. The van der Waals surface area contributed by atoms with Crippen LogP contribution in [0.2, 0.25) is 0 Å². The molecular weight excluding hydrogens is 539 g/mol. The van der Waals surface area contributed by atoms with Gasteiger partial charge in [-0.3, -0.25) is 9.59 Å². The van der Waals surface area contributed by atoms with E-state index >= 15 is 4.39 Å². The van der Waals surface area contributed by atoms with Gasteiger partial charge >= 0.3 is 0 Å². The van der Waals surface area contributed by atoms with Crippen molar-refractivity contribution >= 4 is 43.5 Å². The van der Waals surface area contributed by atoms with Crippen LogP contribution in [0, 0.1) is 5.82 Å². The zero-order valence-electron chi connectivity index (χ0n) is 20.7. The molecule has 3 heterocycles. The number of aromatic nitrogens is 4. The smallest absolute Gasteiger partial charge is 0.282 e. The van der Waals surface area contributed by atoms with Crippen molar-refractivity contribution in [1.29, 1.82) is 0 Å². The number of hydrogen-bond donors (Lipinski definition) is 1. The summed E-state index contributed by atoms with van der Waals surface area (Å²) in [5.41, 5.74) is 1.99. The van der Waals surface area contributed by atoms with Crippen LogP contribution in [-0.4, -0.2) is 30.2 Å². The van der Waals surface area contributed by atoms with Gasteiger partial charge in [-0.05, 0) is 70.2 Å². The van der Waals surface area contributed by atoms with Gasteiger partial charge in [0, 0.05) is 28.1 Å². The Bertz CT molecular complexity index is 1780. The molecule has 0 fully saturated rings.